The minimum atomic E-state index is -0.322. The van der Waals surface area contributed by atoms with Gasteiger partial charge in [0.15, 0.2) is 0 Å². The van der Waals surface area contributed by atoms with E-state index in [0.717, 1.165) is 42.5 Å². The maximum Gasteiger partial charge on any atom is 0.243 e. The Hall–Kier alpha value is -3.22. The molecule has 7 heteroatoms. The molecule has 2 amide bonds. The molecule has 0 N–H and O–H groups in total. The first-order valence-corrected chi connectivity index (χ1v) is 14.4. The maximum atomic E-state index is 14.2. The fraction of sp³-hybridized carbons (Fsp3) is 0.516. The second-order valence-electron chi connectivity index (χ2n) is 11.3. The third-order valence-electron chi connectivity index (χ3n) is 8.83. The van der Waals surface area contributed by atoms with E-state index in [1.165, 1.54) is 50.7 Å². The van der Waals surface area contributed by atoms with E-state index >= 15 is 0 Å². The number of anilines is 1. The SMILES string of the molecule is O=C1CC(c2nc3ccccc3n2CC(=O)N(C2CCCCC2)C2CCCCC2)CN1c1ccc(F)cc1. The third-order valence-corrected chi connectivity index (χ3v) is 8.83. The topological polar surface area (TPSA) is 58.4 Å². The molecule has 38 heavy (non-hydrogen) atoms. The van der Waals surface area contributed by atoms with E-state index in [4.69, 9.17) is 4.98 Å². The molecule has 2 heterocycles. The van der Waals surface area contributed by atoms with E-state index in [-0.39, 0.29) is 30.1 Å². The van der Waals surface area contributed by atoms with Crippen LogP contribution in [0.25, 0.3) is 11.0 Å². The van der Waals surface area contributed by atoms with E-state index < -0.39 is 0 Å². The van der Waals surface area contributed by atoms with Gasteiger partial charge in [-0.05, 0) is 62.1 Å². The van der Waals surface area contributed by atoms with Crippen LogP contribution in [0.4, 0.5) is 10.1 Å². The smallest absolute Gasteiger partial charge is 0.243 e. The average molecular weight is 517 g/mol. The van der Waals surface area contributed by atoms with Gasteiger partial charge >= 0.3 is 0 Å². The zero-order chi connectivity index (χ0) is 26.1. The molecular weight excluding hydrogens is 479 g/mol. The summed E-state index contributed by atoms with van der Waals surface area (Å²) in [6, 6.07) is 14.7. The molecule has 3 fully saturated rings. The van der Waals surface area contributed by atoms with Gasteiger partial charge in [0.05, 0.1) is 11.0 Å². The van der Waals surface area contributed by atoms with Crippen molar-refractivity contribution in [2.45, 2.75) is 95.2 Å². The highest BCUT2D eigenvalue weighted by atomic mass is 19.1. The Labute approximate surface area is 223 Å². The molecule has 1 unspecified atom stereocenters. The lowest BCUT2D eigenvalue weighted by molar-refractivity contribution is -0.138. The van der Waals surface area contributed by atoms with Crippen LogP contribution >= 0.6 is 0 Å². The monoisotopic (exact) mass is 516 g/mol. The van der Waals surface area contributed by atoms with Crippen molar-refractivity contribution >= 4 is 28.5 Å². The molecule has 2 aliphatic carbocycles. The summed E-state index contributed by atoms with van der Waals surface area (Å²) in [5.41, 5.74) is 2.49. The predicted octanol–water partition coefficient (Wildman–Crippen LogP) is 6.19. The van der Waals surface area contributed by atoms with Gasteiger partial charge in [-0.2, -0.15) is 0 Å². The Bertz CT molecular complexity index is 1270. The highest BCUT2D eigenvalue weighted by Crippen LogP contribution is 2.35. The fourth-order valence-electron chi connectivity index (χ4n) is 6.96. The normalized spacial score (nSPS) is 21.3. The summed E-state index contributed by atoms with van der Waals surface area (Å²) in [7, 11) is 0. The molecule has 200 valence electrons. The highest BCUT2D eigenvalue weighted by molar-refractivity contribution is 5.96. The van der Waals surface area contributed by atoms with Crippen LogP contribution in [0.1, 0.15) is 82.4 Å². The van der Waals surface area contributed by atoms with Gasteiger partial charge in [-0.3, -0.25) is 9.59 Å². The largest absolute Gasteiger partial charge is 0.335 e. The van der Waals surface area contributed by atoms with Crippen molar-refractivity contribution < 1.29 is 14.0 Å². The zero-order valence-electron chi connectivity index (χ0n) is 22.0. The number of aromatic nitrogens is 2. The first-order chi connectivity index (χ1) is 18.6. The molecule has 2 aromatic carbocycles. The highest BCUT2D eigenvalue weighted by Gasteiger charge is 2.37. The van der Waals surface area contributed by atoms with Crippen LogP contribution in [0.15, 0.2) is 48.5 Å². The van der Waals surface area contributed by atoms with Gasteiger partial charge in [0.2, 0.25) is 11.8 Å². The molecule has 1 aliphatic heterocycles. The van der Waals surface area contributed by atoms with Gasteiger partial charge in [-0.1, -0.05) is 50.7 Å². The maximum absolute atomic E-state index is 14.2. The van der Waals surface area contributed by atoms with E-state index in [1.807, 2.05) is 24.3 Å². The van der Waals surface area contributed by atoms with Crippen molar-refractivity contribution in [3.05, 3.63) is 60.2 Å². The van der Waals surface area contributed by atoms with E-state index in [0.29, 0.717) is 30.7 Å². The van der Waals surface area contributed by atoms with Crippen LogP contribution in [0.2, 0.25) is 0 Å². The molecule has 1 atom stereocenters. The average Bonchev–Trinajstić information content (AvgIpc) is 3.51. The summed E-state index contributed by atoms with van der Waals surface area (Å²) < 4.78 is 15.6. The number of imidazole rings is 1. The number of fused-ring (bicyclic) bond motifs is 1. The molecular formula is C31H37FN4O2. The Kier molecular flexibility index (Phi) is 7.18. The third kappa shape index (κ3) is 4.95. The second kappa shape index (κ2) is 10.9. The van der Waals surface area contributed by atoms with Crippen LogP contribution in [0.5, 0.6) is 0 Å². The first kappa shape index (κ1) is 25.1. The molecule has 1 aromatic heterocycles. The lowest BCUT2D eigenvalue weighted by Gasteiger charge is -2.42. The van der Waals surface area contributed by atoms with Gasteiger partial charge < -0.3 is 14.4 Å². The summed E-state index contributed by atoms with van der Waals surface area (Å²) >= 11 is 0. The number of para-hydroxylation sites is 2. The van der Waals surface area contributed by atoms with Crippen LogP contribution in [0, 0.1) is 5.82 Å². The lowest BCUT2D eigenvalue weighted by Crippen LogP contribution is -2.50. The number of carbonyl (C=O) groups excluding carboxylic acids is 2. The summed E-state index contributed by atoms with van der Waals surface area (Å²) in [5.74, 6) is 0.526. The summed E-state index contributed by atoms with van der Waals surface area (Å²) in [5, 5.41) is 0. The molecule has 1 saturated heterocycles. The van der Waals surface area contributed by atoms with Gasteiger partial charge in [0, 0.05) is 36.7 Å². The minimum Gasteiger partial charge on any atom is -0.335 e. The fourth-order valence-corrected chi connectivity index (χ4v) is 6.96. The summed E-state index contributed by atoms with van der Waals surface area (Å²) in [6.45, 7) is 0.723. The molecule has 6 rings (SSSR count). The van der Waals surface area contributed by atoms with Gasteiger partial charge in [-0.15, -0.1) is 0 Å². The van der Waals surface area contributed by atoms with Crippen LogP contribution in [0.3, 0.4) is 0 Å². The number of rotatable bonds is 6. The number of benzene rings is 2. The van der Waals surface area contributed by atoms with Crippen LogP contribution in [-0.4, -0.2) is 44.9 Å². The van der Waals surface area contributed by atoms with Gasteiger partial charge in [0.1, 0.15) is 18.2 Å². The molecule has 0 bridgehead atoms. The quantitative estimate of drug-likeness (QED) is 0.393. The first-order valence-electron chi connectivity index (χ1n) is 14.4. The Balaban J connectivity index is 1.31. The Morgan fingerprint density at radius 1 is 0.895 bits per heavy atom. The number of halogens is 1. The van der Waals surface area contributed by atoms with Crippen molar-refractivity contribution in [2.24, 2.45) is 0 Å². The Morgan fingerprint density at radius 3 is 2.18 bits per heavy atom. The standard InChI is InChI=1S/C31H37FN4O2/c32-23-15-17-24(18-16-23)34-20-22(19-29(34)37)31-33-27-13-7-8-14-28(27)35(31)21-30(38)36(25-9-3-1-4-10-25)26-11-5-2-6-12-26/h7-8,13-18,22,25-26H,1-6,9-12,19-21H2. The van der Waals surface area contributed by atoms with E-state index in [2.05, 4.69) is 9.47 Å². The van der Waals surface area contributed by atoms with Crippen LogP contribution in [-0.2, 0) is 16.1 Å². The molecule has 6 nitrogen and oxygen atoms in total. The van der Waals surface area contributed by atoms with E-state index in [9.17, 15) is 14.0 Å². The summed E-state index contributed by atoms with van der Waals surface area (Å²) in [6.07, 6.45) is 12.0. The molecule has 2 saturated carbocycles. The lowest BCUT2D eigenvalue weighted by atomic mass is 9.88. The predicted molar refractivity (Wildman–Crippen MR) is 146 cm³/mol. The molecule has 0 radical (unpaired) electrons. The number of hydrogen-bond acceptors (Lipinski definition) is 3. The van der Waals surface area contributed by atoms with Crippen molar-refractivity contribution in [3.8, 4) is 0 Å². The zero-order valence-corrected chi connectivity index (χ0v) is 22.0. The number of nitrogens with zero attached hydrogens (tertiary/aromatic N) is 4. The summed E-state index contributed by atoms with van der Waals surface area (Å²) in [4.78, 5) is 36.1. The van der Waals surface area contributed by atoms with Crippen LogP contribution < -0.4 is 4.90 Å². The minimum absolute atomic E-state index is 0.00224. The van der Waals surface area contributed by atoms with Crippen molar-refractivity contribution in [1.82, 2.24) is 14.5 Å². The molecule has 3 aromatic rings. The number of carbonyl (C=O) groups is 2. The van der Waals surface area contributed by atoms with Crippen molar-refractivity contribution in [1.29, 1.82) is 0 Å². The van der Waals surface area contributed by atoms with Gasteiger partial charge in [0.25, 0.3) is 0 Å². The van der Waals surface area contributed by atoms with Gasteiger partial charge in [-0.25, -0.2) is 9.37 Å². The van der Waals surface area contributed by atoms with Crippen molar-refractivity contribution in [2.75, 3.05) is 11.4 Å². The number of hydrogen-bond donors (Lipinski definition) is 0. The Morgan fingerprint density at radius 2 is 1.53 bits per heavy atom. The van der Waals surface area contributed by atoms with Crippen molar-refractivity contribution in [3.63, 3.8) is 0 Å². The molecule has 3 aliphatic rings. The van der Waals surface area contributed by atoms with E-state index in [1.54, 1.807) is 17.0 Å². The second-order valence-corrected chi connectivity index (χ2v) is 11.3. The number of amides is 2. The molecule has 0 spiro atoms.